The quantitative estimate of drug-likeness (QED) is 0.839. The lowest BCUT2D eigenvalue weighted by atomic mass is 10.2. The van der Waals surface area contributed by atoms with Crippen LogP contribution in [-0.4, -0.2) is 15.0 Å². The van der Waals surface area contributed by atoms with E-state index in [0.29, 0.717) is 22.4 Å². The zero-order chi connectivity index (χ0) is 15.6. The van der Waals surface area contributed by atoms with Crippen molar-refractivity contribution in [3.63, 3.8) is 0 Å². The maximum absolute atomic E-state index is 12.8. The maximum atomic E-state index is 12.8. The van der Waals surface area contributed by atoms with Crippen LogP contribution in [0.3, 0.4) is 0 Å². The number of sulfonamides is 1. The topological polar surface area (TPSA) is 63.4 Å². The highest BCUT2D eigenvalue weighted by Gasteiger charge is 2.24. The molecule has 6 heteroatoms. The molecule has 4 nitrogen and oxygen atoms in total. The SMILES string of the molecule is CCN(c1ccc(C)cc1)S(=O)(=O)c1ccc(N)c(Br)c1. The first-order valence-corrected chi connectivity index (χ1v) is 8.74. The molecule has 0 fully saturated rings. The van der Waals surface area contributed by atoms with Crippen molar-refractivity contribution in [3.8, 4) is 0 Å². The number of anilines is 2. The van der Waals surface area contributed by atoms with E-state index < -0.39 is 10.0 Å². The molecule has 0 radical (unpaired) electrons. The molecule has 0 saturated heterocycles. The van der Waals surface area contributed by atoms with Gasteiger partial charge in [-0.05, 0) is 60.1 Å². The van der Waals surface area contributed by atoms with E-state index in [4.69, 9.17) is 5.73 Å². The van der Waals surface area contributed by atoms with Gasteiger partial charge in [0, 0.05) is 16.7 Å². The van der Waals surface area contributed by atoms with E-state index in [1.165, 1.54) is 16.4 Å². The first-order valence-electron chi connectivity index (χ1n) is 6.50. The third-order valence-corrected chi connectivity index (χ3v) is 5.75. The molecule has 0 bridgehead atoms. The number of aryl methyl sites for hydroxylation is 1. The van der Waals surface area contributed by atoms with Crippen molar-refractivity contribution in [2.75, 3.05) is 16.6 Å². The van der Waals surface area contributed by atoms with Crippen LogP contribution >= 0.6 is 15.9 Å². The fourth-order valence-electron chi connectivity index (χ4n) is 2.00. The molecule has 2 aromatic rings. The van der Waals surface area contributed by atoms with Gasteiger partial charge in [-0.25, -0.2) is 8.42 Å². The summed E-state index contributed by atoms with van der Waals surface area (Å²) in [6, 6.07) is 12.0. The van der Waals surface area contributed by atoms with Gasteiger partial charge in [0.05, 0.1) is 10.6 Å². The van der Waals surface area contributed by atoms with Crippen LogP contribution in [0, 0.1) is 6.92 Å². The molecule has 0 spiro atoms. The summed E-state index contributed by atoms with van der Waals surface area (Å²) in [5.74, 6) is 0. The number of hydrogen-bond donors (Lipinski definition) is 1. The summed E-state index contributed by atoms with van der Waals surface area (Å²) >= 11 is 3.27. The van der Waals surface area contributed by atoms with Gasteiger partial charge in [-0.15, -0.1) is 0 Å². The molecular weight excluding hydrogens is 352 g/mol. The Bertz CT molecular complexity index is 743. The van der Waals surface area contributed by atoms with E-state index in [1.54, 1.807) is 6.07 Å². The molecule has 21 heavy (non-hydrogen) atoms. The van der Waals surface area contributed by atoms with E-state index in [2.05, 4.69) is 15.9 Å². The van der Waals surface area contributed by atoms with E-state index in [9.17, 15) is 8.42 Å². The third-order valence-electron chi connectivity index (χ3n) is 3.17. The minimum atomic E-state index is -3.61. The molecule has 0 aliphatic heterocycles. The van der Waals surface area contributed by atoms with Crippen LogP contribution in [0.5, 0.6) is 0 Å². The van der Waals surface area contributed by atoms with Crippen LogP contribution in [0.25, 0.3) is 0 Å². The van der Waals surface area contributed by atoms with Crippen molar-refractivity contribution in [2.45, 2.75) is 18.7 Å². The van der Waals surface area contributed by atoms with E-state index in [-0.39, 0.29) is 4.90 Å². The molecule has 0 atom stereocenters. The summed E-state index contributed by atoms with van der Waals surface area (Å²) in [5, 5.41) is 0. The average molecular weight is 369 g/mol. The molecule has 2 aromatic carbocycles. The molecule has 2 N–H and O–H groups in total. The minimum absolute atomic E-state index is 0.214. The van der Waals surface area contributed by atoms with Gasteiger partial charge < -0.3 is 5.73 Å². The van der Waals surface area contributed by atoms with Gasteiger partial charge in [-0.1, -0.05) is 17.7 Å². The highest BCUT2D eigenvalue weighted by Crippen LogP contribution is 2.28. The average Bonchev–Trinajstić information content (AvgIpc) is 2.44. The van der Waals surface area contributed by atoms with Gasteiger partial charge in [0.2, 0.25) is 0 Å². The molecule has 0 heterocycles. The molecule has 0 aromatic heterocycles. The highest BCUT2D eigenvalue weighted by atomic mass is 79.9. The van der Waals surface area contributed by atoms with Gasteiger partial charge in [0.1, 0.15) is 0 Å². The van der Waals surface area contributed by atoms with Crippen molar-refractivity contribution >= 4 is 37.3 Å². The van der Waals surface area contributed by atoms with Crippen LogP contribution in [0.15, 0.2) is 51.8 Å². The zero-order valence-corrected chi connectivity index (χ0v) is 14.3. The summed E-state index contributed by atoms with van der Waals surface area (Å²) in [4.78, 5) is 0.214. The molecule has 0 amide bonds. The van der Waals surface area contributed by atoms with E-state index >= 15 is 0 Å². The third kappa shape index (κ3) is 3.22. The Morgan fingerprint density at radius 2 is 1.76 bits per heavy atom. The smallest absolute Gasteiger partial charge is 0.264 e. The lowest BCUT2D eigenvalue weighted by Gasteiger charge is -2.23. The second kappa shape index (κ2) is 6.07. The Hall–Kier alpha value is -1.53. The molecule has 0 saturated carbocycles. The Morgan fingerprint density at radius 1 is 1.14 bits per heavy atom. The Balaban J connectivity index is 2.49. The van der Waals surface area contributed by atoms with Crippen LogP contribution in [0.1, 0.15) is 12.5 Å². The first-order chi connectivity index (χ1) is 9.86. The molecular formula is C15H17BrN2O2S. The monoisotopic (exact) mass is 368 g/mol. The molecule has 112 valence electrons. The number of rotatable bonds is 4. The Kier molecular flexibility index (Phi) is 4.58. The van der Waals surface area contributed by atoms with Crippen LogP contribution in [0.4, 0.5) is 11.4 Å². The zero-order valence-electron chi connectivity index (χ0n) is 11.9. The van der Waals surface area contributed by atoms with E-state index in [0.717, 1.165) is 5.56 Å². The number of nitrogen functional groups attached to an aromatic ring is 1. The molecule has 0 aliphatic carbocycles. The van der Waals surface area contributed by atoms with Crippen molar-refractivity contribution in [1.82, 2.24) is 0 Å². The standard InChI is InChI=1S/C15H17BrN2O2S/c1-3-18(12-6-4-11(2)5-7-12)21(19,20)13-8-9-15(17)14(16)10-13/h4-10H,3,17H2,1-2H3. The van der Waals surface area contributed by atoms with Gasteiger partial charge >= 0.3 is 0 Å². The normalized spacial score (nSPS) is 11.4. The van der Waals surface area contributed by atoms with Crippen LogP contribution in [-0.2, 0) is 10.0 Å². The summed E-state index contributed by atoms with van der Waals surface area (Å²) in [7, 11) is -3.61. The number of halogens is 1. The lowest BCUT2D eigenvalue weighted by Crippen LogP contribution is -2.30. The minimum Gasteiger partial charge on any atom is -0.398 e. The Labute approximate surface area is 133 Å². The van der Waals surface area contributed by atoms with Crippen molar-refractivity contribution in [1.29, 1.82) is 0 Å². The van der Waals surface area contributed by atoms with Crippen LogP contribution < -0.4 is 10.0 Å². The highest BCUT2D eigenvalue weighted by molar-refractivity contribution is 9.10. The van der Waals surface area contributed by atoms with Crippen LogP contribution in [0.2, 0.25) is 0 Å². The van der Waals surface area contributed by atoms with Gasteiger partial charge in [0.25, 0.3) is 10.0 Å². The van der Waals surface area contributed by atoms with Crippen molar-refractivity contribution < 1.29 is 8.42 Å². The van der Waals surface area contributed by atoms with Gasteiger partial charge in [-0.3, -0.25) is 4.31 Å². The molecule has 2 rings (SSSR count). The number of benzene rings is 2. The lowest BCUT2D eigenvalue weighted by molar-refractivity contribution is 0.592. The first kappa shape index (κ1) is 15.9. The molecule has 0 unspecified atom stereocenters. The fourth-order valence-corrected chi connectivity index (χ4v) is 4.03. The number of nitrogens with zero attached hydrogens (tertiary/aromatic N) is 1. The van der Waals surface area contributed by atoms with Gasteiger partial charge in [0.15, 0.2) is 0 Å². The summed E-state index contributed by atoms with van der Waals surface area (Å²) < 4.78 is 27.5. The summed E-state index contributed by atoms with van der Waals surface area (Å²) in [6.45, 7) is 4.13. The second-order valence-corrected chi connectivity index (χ2v) is 7.41. The van der Waals surface area contributed by atoms with Crippen molar-refractivity contribution in [2.24, 2.45) is 0 Å². The summed E-state index contributed by atoms with van der Waals surface area (Å²) in [5.41, 5.74) is 7.95. The van der Waals surface area contributed by atoms with E-state index in [1.807, 2.05) is 38.1 Å². The number of nitrogens with two attached hydrogens (primary N) is 1. The maximum Gasteiger partial charge on any atom is 0.264 e. The largest absolute Gasteiger partial charge is 0.398 e. The summed E-state index contributed by atoms with van der Waals surface area (Å²) in [6.07, 6.45) is 0. The van der Waals surface area contributed by atoms with Gasteiger partial charge in [-0.2, -0.15) is 0 Å². The predicted octanol–water partition coefficient (Wildman–Crippen LogP) is 3.55. The fraction of sp³-hybridized carbons (Fsp3) is 0.200. The van der Waals surface area contributed by atoms with Crippen molar-refractivity contribution in [3.05, 3.63) is 52.5 Å². The number of hydrogen-bond acceptors (Lipinski definition) is 3. The second-order valence-electron chi connectivity index (χ2n) is 4.69. The predicted molar refractivity (Wildman–Crippen MR) is 89.9 cm³/mol. The molecule has 0 aliphatic rings. The Morgan fingerprint density at radius 3 is 2.29 bits per heavy atom.